The largest absolute Gasteiger partial charge is 0.472 e. The van der Waals surface area contributed by atoms with Crippen molar-refractivity contribution in [2.24, 2.45) is 23.7 Å². The van der Waals surface area contributed by atoms with Crippen LogP contribution in [-0.2, 0) is 65.4 Å². The number of unbranched alkanes of at least 4 members (excludes halogenated alkanes) is 28. The molecule has 86 heavy (non-hydrogen) atoms. The van der Waals surface area contributed by atoms with Gasteiger partial charge in [0.1, 0.15) is 19.3 Å². The van der Waals surface area contributed by atoms with E-state index in [1.54, 1.807) is 0 Å². The molecule has 510 valence electrons. The normalized spacial score (nSPS) is 15.0. The van der Waals surface area contributed by atoms with Gasteiger partial charge in [-0.3, -0.25) is 37.3 Å². The van der Waals surface area contributed by atoms with Crippen LogP contribution in [0.4, 0.5) is 0 Å². The molecule has 0 saturated carbocycles. The van der Waals surface area contributed by atoms with Gasteiger partial charge in [0, 0.05) is 25.7 Å². The third kappa shape index (κ3) is 58.4. The van der Waals surface area contributed by atoms with Crippen LogP contribution < -0.4 is 0 Å². The summed E-state index contributed by atoms with van der Waals surface area (Å²) < 4.78 is 68.1. The van der Waals surface area contributed by atoms with Crippen LogP contribution in [0.5, 0.6) is 0 Å². The number of carbonyl (C=O) groups is 4. The second-order valence-corrected chi connectivity index (χ2v) is 28.6. The quantitative estimate of drug-likeness (QED) is 0.0222. The average molecular weight is 1270 g/mol. The molecule has 0 amide bonds. The van der Waals surface area contributed by atoms with Gasteiger partial charge in [0.2, 0.25) is 0 Å². The summed E-state index contributed by atoms with van der Waals surface area (Å²) in [5.41, 5.74) is 0. The highest BCUT2D eigenvalue weighted by atomic mass is 31.2. The van der Waals surface area contributed by atoms with Crippen molar-refractivity contribution in [3.8, 4) is 0 Å². The van der Waals surface area contributed by atoms with Crippen molar-refractivity contribution >= 4 is 39.5 Å². The van der Waals surface area contributed by atoms with Gasteiger partial charge in [-0.2, -0.15) is 0 Å². The van der Waals surface area contributed by atoms with Gasteiger partial charge in [-0.25, -0.2) is 9.13 Å². The van der Waals surface area contributed by atoms with Crippen LogP contribution in [0.15, 0.2) is 0 Å². The van der Waals surface area contributed by atoms with Crippen molar-refractivity contribution in [1.29, 1.82) is 0 Å². The highest BCUT2D eigenvalue weighted by Crippen LogP contribution is 2.45. The fourth-order valence-corrected chi connectivity index (χ4v) is 11.5. The predicted octanol–water partition coefficient (Wildman–Crippen LogP) is 18.5. The molecule has 0 radical (unpaired) electrons. The summed E-state index contributed by atoms with van der Waals surface area (Å²) in [6.07, 6.45) is 37.6. The molecule has 0 rings (SSSR count). The van der Waals surface area contributed by atoms with E-state index in [0.717, 1.165) is 120 Å². The first-order chi connectivity index (χ1) is 41.2. The molecule has 0 aromatic carbocycles. The number of carbonyl (C=O) groups excluding carboxylic acids is 4. The molecule has 0 heterocycles. The minimum atomic E-state index is -4.95. The Morgan fingerprint density at radius 3 is 0.826 bits per heavy atom. The van der Waals surface area contributed by atoms with Gasteiger partial charge >= 0.3 is 39.5 Å². The summed E-state index contributed by atoms with van der Waals surface area (Å²) in [5, 5.41) is 10.6. The van der Waals surface area contributed by atoms with Crippen molar-refractivity contribution in [3.63, 3.8) is 0 Å². The van der Waals surface area contributed by atoms with Crippen LogP contribution in [0.3, 0.4) is 0 Å². The predicted molar refractivity (Wildman–Crippen MR) is 344 cm³/mol. The third-order valence-electron chi connectivity index (χ3n) is 16.0. The molecule has 0 spiro atoms. The highest BCUT2D eigenvalue weighted by molar-refractivity contribution is 7.47. The van der Waals surface area contributed by atoms with Gasteiger partial charge in [0.25, 0.3) is 0 Å². The zero-order valence-corrected chi connectivity index (χ0v) is 57.7. The lowest BCUT2D eigenvalue weighted by atomic mass is 9.99. The SMILES string of the molecule is CCC(C)CCCCCCCCCCCCC(=O)O[C@H](COC(=O)CCCCCCCCC(C)CC)COP(=O)(O)OCC(O)COP(=O)(O)OC[C@@H](COC(=O)CCCCCCCCCC(C)C)OC(=O)CCCCCCCCCCCC(C)C. The lowest BCUT2D eigenvalue weighted by Gasteiger charge is -2.21. The molecule has 17 nitrogen and oxygen atoms in total. The number of hydrogen-bond acceptors (Lipinski definition) is 15. The molecule has 19 heteroatoms. The first-order valence-electron chi connectivity index (χ1n) is 34.8. The molecule has 0 aliphatic rings. The van der Waals surface area contributed by atoms with Crippen molar-refractivity contribution in [1.82, 2.24) is 0 Å². The average Bonchev–Trinajstić information content (AvgIpc) is 3.67. The maximum atomic E-state index is 13.0. The summed E-state index contributed by atoms with van der Waals surface area (Å²) in [7, 11) is -9.90. The van der Waals surface area contributed by atoms with E-state index in [9.17, 15) is 43.2 Å². The molecular formula is C67H130O17P2. The molecule has 0 aliphatic carbocycles. The van der Waals surface area contributed by atoms with Crippen LogP contribution in [-0.4, -0.2) is 96.7 Å². The Hall–Kier alpha value is -1.94. The van der Waals surface area contributed by atoms with E-state index < -0.39 is 97.5 Å². The molecule has 0 saturated heterocycles. The van der Waals surface area contributed by atoms with Crippen LogP contribution in [0, 0.1) is 23.7 Å². The minimum absolute atomic E-state index is 0.104. The maximum absolute atomic E-state index is 13.0. The molecule has 7 atom stereocenters. The monoisotopic (exact) mass is 1270 g/mol. The molecule has 0 fully saturated rings. The number of esters is 4. The Morgan fingerprint density at radius 1 is 0.326 bits per heavy atom. The summed E-state index contributed by atoms with van der Waals surface area (Å²) in [4.78, 5) is 72.4. The van der Waals surface area contributed by atoms with Crippen LogP contribution in [0.25, 0.3) is 0 Å². The van der Waals surface area contributed by atoms with E-state index in [4.69, 9.17) is 37.0 Å². The first kappa shape index (κ1) is 84.1. The molecule has 5 unspecified atom stereocenters. The number of aliphatic hydroxyl groups is 1. The Bertz CT molecular complexity index is 1720. The summed E-state index contributed by atoms with van der Waals surface area (Å²) in [6.45, 7) is 14.0. The number of ether oxygens (including phenoxy) is 4. The van der Waals surface area contributed by atoms with Gasteiger partial charge in [0.15, 0.2) is 12.2 Å². The highest BCUT2D eigenvalue weighted by Gasteiger charge is 2.30. The Labute approximate surface area is 524 Å². The van der Waals surface area contributed by atoms with Crippen molar-refractivity contribution in [2.75, 3.05) is 39.6 Å². The second kappa shape index (κ2) is 57.0. The van der Waals surface area contributed by atoms with Crippen LogP contribution >= 0.6 is 15.6 Å². The van der Waals surface area contributed by atoms with E-state index in [0.29, 0.717) is 31.6 Å². The van der Waals surface area contributed by atoms with Gasteiger partial charge in [-0.15, -0.1) is 0 Å². The van der Waals surface area contributed by atoms with Crippen LogP contribution in [0.1, 0.15) is 325 Å². The molecule has 0 aromatic heterocycles. The zero-order chi connectivity index (χ0) is 63.9. The summed E-state index contributed by atoms with van der Waals surface area (Å²) >= 11 is 0. The van der Waals surface area contributed by atoms with E-state index in [2.05, 4.69) is 55.4 Å². The van der Waals surface area contributed by atoms with Crippen molar-refractivity contribution in [3.05, 3.63) is 0 Å². The topological polar surface area (TPSA) is 237 Å². The van der Waals surface area contributed by atoms with E-state index in [1.807, 2.05) is 0 Å². The molecule has 0 bridgehead atoms. The second-order valence-electron chi connectivity index (χ2n) is 25.6. The van der Waals surface area contributed by atoms with Crippen molar-refractivity contribution in [2.45, 2.75) is 343 Å². The lowest BCUT2D eigenvalue weighted by Crippen LogP contribution is -2.30. The molecule has 0 aliphatic heterocycles. The van der Waals surface area contributed by atoms with E-state index in [1.165, 1.54) is 116 Å². The fraction of sp³-hybridized carbons (Fsp3) is 0.940. The molecule has 0 aromatic rings. The number of phosphoric acid groups is 2. The first-order valence-corrected chi connectivity index (χ1v) is 37.8. The summed E-state index contributed by atoms with van der Waals surface area (Å²) in [5.74, 6) is 0.839. The Balaban J connectivity index is 5.27. The fourth-order valence-electron chi connectivity index (χ4n) is 9.89. The van der Waals surface area contributed by atoms with Gasteiger partial charge in [-0.05, 0) is 49.4 Å². The number of aliphatic hydroxyl groups excluding tert-OH is 1. The van der Waals surface area contributed by atoms with Crippen molar-refractivity contribution < 1.29 is 80.2 Å². The zero-order valence-electron chi connectivity index (χ0n) is 55.9. The number of hydrogen-bond donors (Lipinski definition) is 3. The smallest absolute Gasteiger partial charge is 0.462 e. The van der Waals surface area contributed by atoms with E-state index >= 15 is 0 Å². The van der Waals surface area contributed by atoms with Gasteiger partial charge in [0.05, 0.1) is 26.4 Å². The Kier molecular flexibility index (Phi) is 55.7. The van der Waals surface area contributed by atoms with Gasteiger partial charge < -0.3 is 33.8 Å². The number of rotatable bonds is 64. The molecule has 3 N–H and O–H groups in total. The minimum Gasteiger partial charge on any atom is -0.462 e. The van der Waals surface area contributed by atoms with Gasteiger partial charge in [-0.1, -0.05) is 274 Å². The standard InChI is InChI=1S/C67H130O17P2/c1-9-59(7)45-37-29-21-15-11-12-16-22-33-41-49-66(71)84-63(54-78-65(70)48-40-32-26-25-30-38-46-60(8)10-2)56-82-86(75,76)80-52-61(68)51-79-85(73,74)81-55-62(53-77-64(69)47-39-31-24-18-20-28-36-44-58(5)6)83-67(72)50-42-34-23-17-13-14-19-27-35-43-57(3)4/h57-63,68H,9-56H2,1-8H3,(H,73,74)(H,75,76)/t59?,60?,61?,62-,63-/m1/s1. The maximum Gasteiger partial charge on any atom is 0.472 e. The number of phosphoric ester groups is 2. The lowest BCUT2D eigenvalue weighted by molar-refractivity contribution is -0.161. The van der Waals surface area contributed by atoms with Crippen LogP contribution in [0.2, 0.25) is 0 Å². The Morgan fingerprint density at radius 2 is 0.558 bits per heavy atom. The summed E-state index contributed by atoms with van der Waals surface area (Å²) in [6, 6.07) is 0. The third-order valence-corrected chi connectivity index (χ3v) is 17.9. The molecular weight excluding hydrogens is 1140 g/mol. The van der Waals surface area contributed by atoms with E-state index in [-0.39, 0.29) is 25.7 Å².